The van der Waals surface area contributed by atoms with Gasteiger partial charge in [-0.25, -0.2) is 9.64 Å². The number of esters is 1. The van der Waals surface area contributed by atoms with Gasteiger partial charge in [-0.1, -0.05) is 42.5 Å². The molecule has 1 unspecified atom stereocenters. The van der Waals surface area contributed by atoms with Crippen molar-refractivity contribution >= 4 is 22.6 Å². The molecule has 4 nitrogen and oxygen atoms in total. The molecule has 2 aromatic carbocycles. The molecule has 0 saturated carbocycles. The molecule has 1 aromatic heterocycles. The van der Waals surface area contributed by atoms with E-state index in [-0.39, 0.29) is 12.0 Å². The Balaban J connectivity index is 2.25. The van der Waals surface area contributed by atoms with Gasteiger partial charge in [0, 0.05) is 22.6 Å². The molecular formula is C21H20N2O2. The van der Waals surface area contributed by atoms with Crippen molar-refractivity contribution in [1.82, 2.24) is 4.57 Å². The smallest absolute Gasteiger partial charge is 0.340 e. The Bertz CT molecular complexity index is 979. The van der Waals surface area contributed by atoms with Gasteiger partial charge in [-0.2, -0.15) is 0 Å². The molecule has 25 heavy (non-hydrogen) atoms. The maximum absolute atomic E-state index is 12.5. The minimum atomic E-state index is -0.305. The van der Waals surface area contributed by atoms with Crippen LogP contribution in [0.4, 0.5) is 5.69 Å². The minimum Gasteiger partial charge on any atom is -0.462 e. The van der Waals surface area contributed by atoms with Crippen LogP contribution < -0.4 is 0 Å². The van der Waals surface area contributed by atoms with E-state index in [1.165, 1.54) is 0 Å². The van der Waals surface area contributed by atoms with Crippen LogP contribution in [-0.2, 0) is 4.74 Å². The fraction of sp³-hybridized carbons (Fsp3) is 0.238. The molecule has 0 fully saturated rings. The lowest BCUT2D eigenvalue weighted by Gasteiger charge is -2.19. The van der Waals surface area contributed by atoms with E-state index in [1.807, 2.05) is 55.5 Å². The van der Waals surface area contributed by atoms with E-state index in [0.717, 1.165) is 22.2 Å². The third-order valence-electron chi connectivity index (χ3n) is 4.53. The second kappa shape index (κ2) is 6.82. The topological polar surface area (TPSA) is 35.6 Å². The number of fused-ring (bicyclic) bond motifs is 1. The van der Waals surface area contributed by atoms with Gasteiger partial charge in [0.25, 0.3) is 0 Å². The molecule has 0 N–H and O–H groups in total. The van der Waals surface area contributed by atoms with Crippen LogP contribution in [0, 0.1) is 13.5 Å². The van der Waals surface area contributed by atoms with Crippen LogP contribution in [0.25, 0.3) is 15.7 Å². The van der Waals surface area contributed by atoms with Gasteiger partial charge < -0.3 is 9.30 Å². The first-order valence-corrected chi connectivity index (χ1v) is 8.33. The molecule has 1 heterocycles. The number of rotatable bonds is 4. The summed E-state index contributed by atoms with van der Waals surface area (Å²) in [7, 11) is 0. The van der Waals surface area contributed by atoms with E-state index in [2.05, 4.69) is 16.3 Å². The molecular weight excluding hydrogens is 312 g/mol. The van der Waals surface area contributed by atoms with E-state index < -0.39 is 0 Å². The van der Waals surface area contributed by atoms with Crippen molar-refractivity contribution in [3.8, 4) is 0 Å². The van der Waals surface area contributed by atoms with Gasteiger partial charge in [-0.05, 0) is 32.4 Å². The molecule has 0 saturated heterocycles. The standard InChI is InChI=1S/C21H20N2O2/c1-5-25-21(24)20-15(3)23(19-13-9-7-11-17(19)20)14(2)16-10-6-8-12-18(16)22-4/h6-14H,5H2,1-3H3. The number of hydrogen-bond acceptors (Lipinski definition) is 2. The quantitative estimate of drug-likeness (QED) is 0.481. The summed E-state index contributed by atoms with van der Waals surface area (Å²) in [5.41, 5.74) is 3.99. The van der Waals surface area contributed by atoms with Crippen LogP contribution in [0.3, 0.4) is 0 Å². The highest BCUT2D eigenvalue weighted by molar-refractivity contribution is 6.06. The van der Waals surface area contributed by atoms with Crippen molar-refractivity contribution in [1.29, 1.82) is 0 Å². The normalized spacial score (nSPS) is 11.9. The van der Waals surface area contributed by atoms with E-state index in [4.69, 9.17) is 11.3 Å². The van der Waals surface area contributed by atoms with Gasteiger partial charge >= 0.3 is 5.97 Å². The number of aromatic nitrogens is 1. The molecule has 1 atom stereocenters. The number of carbonyl (C=O) groups is 1. The largest absolute Gasteiger partial charge is 0.462 e. The molecule has 0 spiro atoms. The van der Waals surface area contributed by atoms with E-state index in [9.17, 15) is 4.79 Å². The Morgan fingerprint density at radius 2 is 1.88 bits per heavy atom. The minimum absolute atomic E-state index is 0.0709. The zero-order chi connectivity index (χ0) is 18.0. The van der Waals surface area contributed by atoms with Crippen molar-refractivity contribution in [2.45, 2.75) is 26.8 Å². The lowest BCUT2D eigenvalue weighted by molar-refractivity contribution is 0.0527. The highest BCUT2D eigenvalue weighted by Crippen LogP contribution is 2.35. The first-order valence-electron chi connectivity index (χ1n) is 8.33. The number of para-hydroxylation sites is 2. The highest BCUT2D eigenvalue weighted by Gasteiger charge is 2.24. The zero-order valence-corrected chi connectivity index (χ0v) is 14.6. The molecule has 126 valence electrons. The van der Waals surface area contributed by atoms with Crippen LogP contribution in [-0.4, -0.2) is 17.1 Å². The van der Waals surface area contributed by atoms with Crippen molar-refractivity contribution in [2.75, 3.05) is 6.61 Å². The van der Waals surface area contributed by atoms with E-state index >= 15 is 0 Å². The summed E-state index contributed by atoms with van der Waals surface area (Å²) in [6.07, 6.45) is 0. The van der Waals surface area contributed by atoms with Gasteiger partial charge in [0.05, 0.1) is 18.7 Å². The van der Waals surface area contributed by atoms with Gasteiger partial charge in [0.2, 0.25) is 0 Å². The Labute approximate surface area is 147 Å². The van der Waals surface area contributed by atoms with E-state index in [0.29, 0.717) is 17.9 Å². The summed E-state index contributed by atoms with van der Waals surface area (Å²) in [5.74, 6) is -0.305. The number of ether oxygens (including phenoxy) is 1. The zero-order valence-electron chi connectivity index (χ0n) is 14.6. The fourth-order valence-electron chi connectivity index (χ4n) is 3.43. The summed E-state index contributed by atoms with van der Waals surface area (Å²) in [5, 5.41) is 0.880. The predicted molar refractivity (Wildman–Crippen MR) is 99.1 cm³/mol. The molecule has 0 aliphatic carbocycles. The number of nitrogens with zero attached hydrogens (tertiary/aromatic N) is 2. The number of hydrogen-bond donors (Lipinski definition) is 0. The van der Waals surface area contributed by atoms with Crippen molar-refractivity contribution in [3.63, 3.8) is 0 Å². The Kier molecular flexibility index (Phi) is 4.58. The lowest BCUT2D eigenvalue weighted by atomic mass is 10.1. The van der Waals surface area contributed by atoms with Gasteiger partial charge in [-0.3, -0.25) is 0 Å². The average Bonchev–Trinajstić information content (AvgIpc) is 2.93. The van der Waals surface area contributed by atoms with Crippen LogP contribution in [0.1, 0.15) is 41.5 Å². The maximum Gasteiger partial charge on any atom is 0.340 e. The molecule has 0 aliphatic heterocycles. The Hall–Kier alpha value is -3.06. The summed E-state index contributed by atoms with van der Waals surface area (Å²) >= 11 is 0. The predicted octanol–water partition coefficient (Wildman–Crippen LogP) is 5.29. The summed E-state index contributed by atoms with van der Waals surface area (Å²) in [4.78, 5) is 16.1. The maximum atomic E-state index is 12.5. The summed E-state index contributed by atoms with van der Waals surface area (Å²) in [6.45, 7) is 13.6. The van der Waals surface area contributed by atoms with Crippen LogP contribution in [0.5, 0.6) is 0 Å². The van der Waals surface area contributed by atoms with Crippen molar-refractivity contribution < 1.29 is 9.53 Å². The molecule has 4 heteroatoms. The molecule has 3 aromatic rings. The van der Waals surface area contributed by atoms with Crippen molar-refractivity contribution in [3.05, 3.63) is 76.8 Å². The third-order valence-corrected chi connectivity index (χ3v) is 4.53. The number of benzene rings is 2. The third kappa shape index (κ3) is 2.78. The molecule has 0 radical (unpaired) electrons. The second-order valence-electron chi connectivity index (χ2n) is 5.91. The van der Waals surface area contributed by atoms with Gasteiger partial charge in [0.1, 0.15) is 0 Å². The molecule has 0 amide bonds. The van der Waals surface area contributed by atoms with Crippen LogP contribution in [0.2, 0.25) is 0 Å². The monoisotopic (exact) mass is 332 g/mol. The lowest BCUT2D eigenvalue weighted by Crippen LogP contribution is -2.11. The van der Waals surface area contributed by atoms with Crippen LogP contribution in [0.15, 0.2) is 48.5 Å². The Morgan fingerprint density at radius 3 is 2.60 bits per heavy atom. The highest BCUT2D eigenvalue weighted by atomic mass is 16.5. The molecule has 0 bridgehead atoms. The summed E-state index contributed by atoms with van der Waals surface area (Å²) < 4.78 is 7.38. The first kappa shape index (κ1) is 16.8. The molecule has 0 aliphatic rings. The second-order valence-corrected chi connectivity index (χ2v) is 5.91. The van der Waals surface area contributed by atoms with Crippen LogP contribution >= 0.6 is 0 Å². The fourth-order valence-corrected chi connectivity index (χ4v) is 3.43. The van der Waals surface area contributed by atoms with Crippen molar-refractivity contribution in [2.24, 2.45) is 0 Å². The molecule has 3 rings (SSSR count). The first-order chi connectivity index (χ1) is 12.1. The average molecular weight is 332 g/mol. The Morgan fingerprint density at radius 1 is 1.20 bits per heavy atom. The number of carbonyl (C=O) groups excluding carboxylic acids is 1. The summed E-state index contributed by atoms with van der Waals surface area (Å²) in [6, 6.07) is 15.4. The van der Waals surface area contributed by atoms with Gasteiger partial charge in [-0.15, -0.1) is 0 Å². The SMILES string of the molecule is [C-]#[N+]c1ccccc1C(C)n1c(C)c(C(=O)OCC)c2ccccc21. The van der Waals surface area contributed by atoms with Gasteiger partial charge in [0.15, 0.2) is 5.69 Å². The van der Waals surface area contributed by atoms with E-state index in [1.54, 1.807) is 6.92 Å².